The number of alkyl halides is 3. The second-order valence-corrected chi connectivity index (χ2v) is 6.66. The molecule has 2 aliphatic rings. The monoisotopic (exact) mass is 384 g/mol. The first kappa shape index (κ1) is 17.8. The zero-order valence-corrected chi connectivity index (χ0v) is 14.5. The van der Waals surface area contributed by atoms with E-state index in [1.165, 1.54) is 18.5 Å². The molecule has 27 heavy (non-hydrogen) atoms. The number of rotatable bonds is 6. The number of H-pyrrole nitrogens is 1. The van der Waals surface area contributed by atoms with E-state index in [9.17, 15) is 13.2 Å². The maximum Gasteiger partial charge on any atom is 0.388 e. The highest BCUT2D eigenvalue weighted by atomic mass is 19.3. The van der Waals surface area contributed by atoms with Gasteiger partial charge in [-0.2, -0.15) is 18.9 Å². The van der Waals surface area contributed by atoms with E-state index in [2.05, 4.69) is 35.1 Å². The standard InChI is InChI=1S/C16H19F3N6O2/c1-25-8-2-3-9(25)15(17)10(4-8)26-14-7-20-6-12(22-14)21-11-5-13(24-23-11)27-16(18)19/h5-10,15-16H,2-4H2,1H3,(H2,21,22,23,24)/t8-,9+,10+,15+/m1/s1. The summed E-state index contributed by atoms with van der Waals surface area (Å²) >= 11 is 0. The molecule has 0 saturated carbocycles. The van der Waals surface area contributed by atoms with Crippen molar-refractivity contribution in [2.45, 2.75) is 50.2 Å². The second kappa shape index (κ2) is 7.22. The van der Waals surface area contributed by atoms with Crippen molar-refractivity contribution >= 4 is 11.6 Å². The normalized spacial score (nSPS) is 27.7. The maximum atomic E-state index is 14.7. The number of hydrogen-bond acceptors (Lipinski definition) is 7. The van der Waals surface area contributed by atoms with E-state index in [4.69, 9.17) is 4.74 Å². The van der Waals surface area contributed by atoms with Crippen LogP contribution in [-0.4, -0.2) is 63.1 Å². The molecule has 2 bridgehead atoms. The van der Waals surface area contributed by atoms with Crippen LogP contribution in [0.2, 0.25) is 0 Å². The molecule has 0 spiro atoms. The molecule has 0 amide bonds. The minimum atomic E-state index is -2.95. The number of aromatic nitrogens is 4. The number of ether oxygens (including phenoxy) is 2. The third-order valence-electron chi connectivity index (χ3n) is 5.03. The summed E-state index contributed by atoms with van der Waals surface area (Å²) in [6.45, 7) is -2.95. The van der Waals surface area contributed by atoms with Gasteiger partial charge in [-0.15, -0.1) is 0 Å². The van der Waals surface area contributed by atoms with Crippen LogP contribution in [0.3, 0.4) is 0 Å². The van der Waals surface area contributed by atoms with Gasteiger partial charge in [-0.1, -0.05) is 0 Å². The third-order valence-corrected chi connectivity index (χ3v) is 5.03. The van der Waals surface area contributed by atoms with Crippen molar-refractivity contribution in [3.8, 4) is 11.8 Å². The van der Waals surface area contributed by atoms with Crippen molar-refractivity contribution < 1.29 is 22.6 Å². The maximum absolute atomic E-state index is 14.7. The van der Waals surface area contributed by atoms with Gasteiger partial charge in [-0.3, -0.25) is 9.88 Å². The molecule has 8 nitrogen and oxygen atoms in total. The highest BCUT2D eigenvalue weighted by Crippen LogP contribution is 2.37. The Labute approximate surface area is 153 Å². The molecule has 0 unspecified atom stereocenters. The van der Waals surface area contributed by atoms with Crippen LogP contribution in [-0.2, 0) is 0 Å². The van der Waals surface area contributed by atoms with Gasteiger partial charge in [0.25, 0.3) is 0 Å². The number of halogens is 3. The summed E-state index contributed by atoms with van der Waals surface area (Å²) in [6.07, 6.45) is 3.57. The van der Waals surface area contributed by atoms with Gasteiger partial charge in [0.05, 0.1) is 12.4 Å². The zero-order valence-electron chi connectivity index (χ0n) is 14.5. The van der Waals surface area contributed by atoms with E-state index < -0.39 is 18.9 Å². The second-order valence-electron chi connectivity index (χ2n) is 6.66. The molecule has 2 aromatic heterocycles. The van der Waals surface area contributed by atoms with E-state index in [1.54, 1.807) is 0 Å². The summed E-state index contributed by atoms with van der Waals surface area (Å²) in [5, 5.41) is 8.91. The van der Waals surface area contributed by atoms with Gasteiger partial charge < -0.3 is 14.8 Å². The first-order valence-corrected chi connectivity index (χ1v) is 8.61. The SMILES string of the molecule is CN1[C@@H]2CC[C@H]1[C@H](F)[C@@H](Oc1cncc(Nc3cc(OC(F)F)[nH]n3)n1)C2. The number of fused-ring (bicyclic) bond motifs is 2. The van der Waals surface area contributed by atoms with Crippen LogP contribution in [0, 0.1) is 0 Å². The lowest BCUT2D eigenvalue weighted by Gasteiger charge is -2.38. The molecule has 0 aromatic carbocycles. The number of aromatic amines is 1. The summed E-state index contributed by atoms with van der Waals surface area (Å²) in [5.41, 5.74) is 0. The van der Waals surface area contributed by atoms with Crippen LogP contribution in [0.25, 0.3) is 0 Å². The van der Waals surface area contributed by atoms with Crippen molar-refractivity contribution in [2.24, 2.45) is 0 Å². The fourth-order valence-corrected chi connectivity index (χ4v) is 3.74. The first-order valence-electron chi connectivity index (χ1n) is 8.61. The Morgan fingerprint density at radius 2 is 2.15 bits per heavy atom. The Bertz CT molecular complexity index is 791. The Balaban J connectivity index is 1.41. The lowest BCUT2D eigenvalue weighted by atomic mass is 9.98. The molecule has 4 heterocycles. The van der Waals surface area contributed by atoms with Crippen molar-refractivity contribution in [3.05, 3.63) is 18.5 Å². The molecule has 4 rings (SSSR count). The van der Waals surface area contributed by atoms with E-state index >= 15 is 0 Å². The summed E-state index contributed by atoms with van der Waals surface area (Å²) in [7, 11) is 1.95. The fraction of sp³-hybridized carbons (Fsp3) is 0.562. The van der Waals surface area contributed by atoms with E-state index in [0.29, 0.717) is 12.5 Å². The summed E-state index contributed by atoms with van der Waals surface area (Å²) in [6, 6.07) is 1.45. The van der Waals surface area contributed by atoms with E-state index in [1.807, 2.05) is 7.05 Å². The first-order chi connectivity index (χ1) is 13.0. The third kappa shape index (κ3) is 3.77. The van der Waals surface area contributed by atoms with Gasteiger partial charge >= 0.3 is 6.61 Å². The van der Waals surface area contributed by atoms with Gasteiger partial charge in [0, 0.05) is 24.6 Å². The number of nitrogens with one attached hydrogen (secondary N) is 2. The van der Waals surface area contributed by atoms with Crippen molar-refractivity contribution in [3.63, 3.8) is 0 Å². The van der Waals surface area contributed by atoms with Crippen LogP contribution in [0.15, 0.2) is 18.5 Å². The topological polar surface area (TPSA) is 88.2 Å². The number of hydrogen-bond donors (Lipinski definition) is 2. The minimum absolute atomic E-state index is 0.125. The Hall–Kier alpha value is -2.56. The molecule has 2 aliphatic heterocycles. The number of nitrogens with zero attached hydrogens (tertiary/aromatic N) is 4. The number of anilines is 2. The number of piperidine rings is 1. The summed E-state index contributed by atoms with van der Waals surface area (Å²) < 4.78 is 49.1. The minimum Gasteiger partial charge on any atom is -0.470 e. The van der Waals surface area contributed by atoms with Crippen molar-refractivity contribution in [2.75, 3.05) is 12.4 Å². The molecule has 4 atom stereocenters. The molecule has 0 aliphatic carbocycles. The van der Waals surface area contributed by atoms with E-state index in [-0.39, 0.29) is 29.4 Å². The molecular weight excluding hydrogens is 365 g/mol. The Morgan fingerprint density at radius 1 is 1.30 bits per heavy atom. The van der Waals surface area contributed by atoms with Crippen molar-refractivity contribution in [1.82, 2.24) is 25.1 Å². The molecule has 2 aromatic rings. The van der Waals surface area contributed by atoms with Crippen LogP contribution in [0.4, 0.5) is 24.8 Å². The van der Waals surface area contributed by atoms with Crippen LogP contribution in [0.5, 0.6) is 11.8 Å². The molecule has 2 fully saturated rings. The van der Waals surface area contributed by atoms with Crippen LogP contribution in [0.1, 0.15) is 19.3 Å². The lowest BCUT2D eigenvalue weighted by Crippen LogP contribution is -2.52. The average molecular weight is 384 g/mol. The fourth-order valence-electron chi connectivity index (χ4n) is 3.74. The van der Waals surface area contributed by atoms with Crippen LogP contribution < -0.4 is 14.8 Å². The average Bonchev–Trinajstić information content (AvgIpc) is 3.15. The Kier molecular flexibility index (Phi) is 4.77. The van der Waals surface area contributed by atoms with Gasteiger partial charge in [0.1, 0.15) is 6.10 Å². The molecule has 2 saturated heterocycles. The van der Waals surface area contributed by atoms with Crippen molar-refractivity contribution in [1.29, 1.82) is 0 Å². The van der Waals surface area contributed by atoms with Gasteiger partial charge in [0.15, 0.2) is 17.8 Å². The highest BCUT2D eigenvalue weighted by molar-refractivity contribution is 5.52. The largest absolute Gasteiger partial charge is 0.470 e. The zero-order chi connectivity index (χ0) is 19.0. The molecular formula is C16H19F3N6O2. The quantitative estimate of drug-likeness (QED) is 0.791. The smallest absolute Gasteiger partial charge is 0.388 e. The predicted octanol–water partition coefficient (Wildman–Crippen LogP) is 2.50. The van der Waals surface area contributed by atoms with Gasteiger partial charge in [-0.05, 0) is 19.9 Å². The van der Waals surface area contributed by atoms with Gasteiger partial charge in [-0.25, -0.2) is 9.49 Å². The molecule has 2 N–H and O–H groups in total. The van der Waals surface area contributed by atoms with E-state index in [0.717, 1.165) is 12.8 Å². The van der Waals surface area contributed by atoms with Gasteiger partial charge in [0.2, 0.25) is 11.8 Å². The lowest BCUT2D eigenvalue weighted by molar-refractivity contribution is -0.0528. The summed E-state index contributed by atoms with van der Waals surface area (Å²) in [5.74, 6) is 0.512. The molecule has 11 heteroatoms. The predicted molar refractivity (Wildman–Crippen MR) is 89.0 cm³/mol. The summed E-state index contributed by atoms with van der Waals surface area (Å²) in [4.78, 5) is 10.3. The molecule has 0 radical (unpaired) electrons. The molecule has 146 valence electrons. The highest BCUT2D eigenvalue weighted by Gasteiger charge is 2.47. The van der Waals surface area contributed by atoms with Crippen LogP contribution >= 0.6 is 0 Å². The Morgan fingerprint density at radius 3 is 2.96 bits per heavy atom.